The van der Waals surface area contributed by atoms with Crippen molar-refractivity contribution in [2.75, 3.05) is 6.54 Å². The van der Waals surface area contributed by atoms with E-state index in [1.165, 1.54) is 10.8 Å². The first-order valence-corrected chi connectivity index (χ1v) is 6.26. The highest BCUT2D eigenvalue weighted by Gasteiger charge is 2.13. The minimum absolute atomic E-state index is 0.695. The van der Waals surface area contributed by atoms with Gasteiger partial charge in [-0.1, -0.05) is 36.4 Å². The highest BCUT2D eigenvalue weighted by atomic mass is 14.8. The summed E-state index contributed by atoms with van der Waals surface area (Å²) in [6.07, 6.45) is 1.63. The van der Waals surface area contributed by atoms with Crippen molar-refractivity contribution in [2.45, 2.75) is 0 Å². The van der Waals surface area contributed by atoms with Crippen molar-refractivity contribution in [3.63, 3.8) is 0 Å². The zero-order valence-corrected chi connectivity index (χ0v) is 10.2. The average molecular weight is 245 g/mol. The van der Waals surface area contributed by atoms with Crippen LogP contribution in [0.3, 0.4) is 0 Å². The minimum atomic E-state index is 0.695. The van der Waals surface area contributed by atoms with Gasteiger partial charge in [-0.2, -0.15) is 0 Å². The van der Waals surface area contributed by atoms with Crippen molar-refractivity contribution in [1.82, 2.24) is 9.97 Å². The van der Waals surface area contributed by atoms with Gasteiger partial charge in [0.15, 0.2) is 0 Å². The van der Waals surface area contributed by atoms with Crippen LogP contribution in [0.5, 0.6) is 0 Å². The molecule has 0 unspecified atom stereocenters. The Morgan fingerprint density at radius 3 is 2.68 bits per heavy atom. The van der Waals surface area contributed by atoms with Gasteiger partial charge >= 0.3 is 0 Å². The molecule has 0 bridgehead atoms. The fourth-order valence-electron chi connectivity index (χ4n) is 2.56. The number of hydrogen-bond acceptors (Lipinski definition) is 3. The molecule has 1 aliphatic heterocycles. The van der Waals surface area contributed by atoms with E-state index in [2.05, 4.69) is 27.1 Å². The molecule has 1 aliphatic rings. The number of fused-ring (bicyclic) bond motifs is 2. The summed E-state index contributed by atoms with van der Waals surface area (Å²) < 4.78 is 0. The maximum Gasteiger partial charge on any atom is 0.116 e. The topological polar surface area (TPSA) is 38.1 Å². The first kappa shape index (κ1) is 10.4. The largest absolute Gasteiger partial charge is 0.280 e. The van der Waals surface area contributed by atoms with Gasteiger partial charge in [0.25, 0.3) is 0 Å². The molecule has 0 fully saturated rings. The molecule has 0 radical (unpaired) electrons. The molecule has 2 heterocycles. The molecule has 2 aromatic carbocycles. The molecule has 0 amide bonds. The maximum atomic E-state index is 4.57. The zero-order valence-electron chi connectivity index (χ0n) is 10.2. The van der Waals surface area contributed by atoms with Crippen LogP contribution in [-0.2, 0) is 0 Å². The monoisotopic (exact) mass is 245 g/mol. The number of benzene rings is 2. The molecule has 90 valence electrons. The second kappa shape index (κ2) is 3.99. The predicted octanol–water partition coefficient (Wildman–Crippen LogP) is 1.46. The summed E-state index contributed by atoms with van der Waals surface area (Å²) in [5.41, 5.74) is 3.16. The number of hydrogen-bond donors (Lipinski definition) is 0. The van der Waals surface area contributed by atoms with E-state index in [1.807, 2.05) is 36.4 Å². The summed E-state index contributed by atoms with van der Waals surface area (Å²) in [4.78, 5) is 13.4. The molecule has 3 nitrogen and oxygen atoms in total. The van der Waals surface area contributed by atoms with Gasteiger partial charge in [0.05, 0.1) is 23.1 Å². The van der Waals surface area contributed by atoms with Crippen molar-refractivity contribution in [1.29, 1.82) is 0 Å². The Hall–Kier alpha value is -2.55. The molecular weight excluding hydrogens is 234 g/mol. The molecule has 0 N–H and O–H groups in total. The van der Waals surface area contributed by atoms with Crippen molar-refractivity contribution >= 4 is 16.5 Å². The third-order valence-electron chi connectivity index (χ3n) is 3.47. The Bertz CT molecular complexity index is 892. The third kappa shape index (κ3) is 1.55. The van der Waals surface area contributed by atoms with Crippen molar-refractivity contribution in [3.05, 3.63) is 71.1 Å². The van der Waals surface area contributed by atoms with E-state index < -0.39 is 0 Å². The molecule has 0 spiro atoms. The molecule has 3 heteroatoms. The van der Waals surface area contributed by atoms with Crippen LogP contribution in [0.4, 0.5) is 0 Å². The van der Waals surface area contributed by atoms with Crippen LogP contribution >= 0.6 is 0 Å². The normalized spacial score (nSPS) is 13.4. The predicted molar refractivity (Wildman–Crippen MR) is 74.1 cm³/mol. The van der Waals surface area contributed by atoms with Gasteiger partial charge in [0.1, 0.15) is 6.33 Å². The summed E-state index contributed by atoms with van der Waals surface area (Å²) >= 11 is 0. The van der Waals surface area contributed by atoms with Crippen LogP contribution in [0.25, 0.3) is 16.5 Å². The van der Waals surface area contributed by atoms with Crippen LogP contribution in [-0.4, -0.2) is 16.5 Å². The van der Waals surface area contributed by atoms with E-state index in [-0.39, 0.29) is 0 Å². The molecule has 19 heavy (non-hydrogen) atoms. The fourth-order valence-corrected chi connectivity index (χ4v) is 2.56. The van der Waals surface area contributed by atoms with Gasteiger partial charge < -0.3 is 0 Å². The molecule has 0 saturated carbocycles. The van der Waals surface area contributed by atoms with Gasteiger partial charge in [-0.3, -0.25) is 4.99 Å². The maximum absolute atomic E-state index is 4.57. The molecule has 0 atom stereocenters. The van der Waals surface area contributed by atoms with Crippen molar-refractivity contribution in [3.8, 4) is 0 Å². The standard InChI is InChI=1S/C16H11N3/c1-3-7-14-11(5-1)13(9-17-14)16-12-6-2-4-8-15(12)18-10-19-16/h1-8,10H,9H2. The lowest BCUT2D eigenvalue weighted by molar-refractivity contribution is 1.16. The quantitative estimate of drug-likeness (QED) is 0.651. The van der Waals surface area contributed by atoms with Crippen molar-refractivity contribution in [2.24, 2.45) is 4.99 Å². The SMILES string of the molecule is c1ccc2c(c1)=NCC=2c1ncnc2ccccc12. The van der Waals surface area contributed by atoms with Gasteiger partial charge in [0.2, 0.25) is 0 Å². The molecule has 0 saturated heterocycles. The highest BCUT2D eigenvalue weighted by Crippen LogP contribution is 2.20. The van der Waals surface area contributed by atoms with Crippen LogP contribution in [0.15, 0.2) is 59.9 Å². The summed E-state index contributed by atoms with van der Waals surface area (Å²) in [5.74, 6) is 0. The zero-order chi connectivity index (χ0) is 12.7. The highest BCUT2D eigenvalue weighted by molar-refractivity contribution is 5.90. The Kier molecular flexibility index (Phi) is 2.18. The Morgan fingerprint density at radius 1 is 0.842 bits per heavy atom. The minimum Gasteiger partial charge on any atom is -0.280 e. The van der Waals surface area contributed by atoms with Crippen LogP contribution in [0.1, 0.15) is 5.69 Å². The van der Waals surface area contributed by atoms with Crippen LogP contribution in [0.2, 0.25) is 0 Å². The fraction of sp³-hybridized carbons (Fsp3) is 0.0625. The number of aromatic nitrogens is 2. The van der Waals surface area contributed by atoms with Crippen LogP contribution < -0.4 is 10.6 Å². The first-order valence-electron chi connectivity index (χ1n) is 6.26. The van der Waals surface area contributed by atoms with Gasteiger partial charge in [-0.05, 0) is 12.1 Å². The molecule has 0 aliphatic carbocycles. The Balaban J connectivity index is 2.12. The van der Waals surface area contributed by atoms with Gasteiger partial charge in [0, 0.05) is 16.2 Å². The van der Waals surface area contributed by atoms with Gasteiger partial charge in [-0.15, -0.1) is 0 Å². The van der Waals surface area contributed by atoms with E-state index in [9.17, 15) is 0 Å². The molecule has 4 rings (SSSR count). The molecular formula is C16H11N3. The Labute approximate surface area is 110 Å². The second-order valence-corrected chi connectivity index (χ2v) is 4.55. The average Bonchev–Trinajstić information content (AvgIpc) is 2.90. The summed E-state index contributed by atoms with van der Waals surface area (Å²) in [6.45, 7) is 0.695. The smallest absolute Gasteiger partial charge is 0.116 e. The van der Waals surface area contributed by atoms with Gasteiger partial charge in [-0.25, -0.2) is 9.97 Å². The molecule has 1 aromatic heterocycles. The number of rotatable bonds is 1. The van der Waals surface area contributed by atoms with E-state index >= 15 is 0 Å². The lowest BCUT2D eigenvalue weighted by Crippen LogP contribution is -2.22. The summed E-state index contributed by atoms with van der Waals surface area (Å²) in [5, 5.41) is 3.33. The number of nitrogens with zero attached hydrogens (tertiary/aromatic N) is 3. The first-order chi connectivity index (χ1) is 9.43. The van der Waals surface area contributed by atoms with E-state index in [4.69, 9.17) is 0 Å². The summed E-state index contributed by atoms with van der Waals surface area (Å²) in [7, 11) is 0. The van der Waals surface area contributed by atoms with Crippen LogP contribution in [0, 0.1) is 0 Å². The Morgan fingerprint density at radius 2 is 1.68 bits per heavy atom. The second-order valence-electron chi connectivity index (χ2n) is 4.55. The van der Waals surface area contributed by atoms with Crippen molar-refractivity contribution < 1.29 is 0 Å². The molecule has 3 aromatic rings. The third-order valence-corrected chi connectivity index (χ3v) is 3.47. The lowest BCUT2D eigenvalue weighted by atomic mass is 10.1. The number of para-hydroxylation sites is 2. The van der Waals surface area contributed by atoms with E-state index in [0.717, 1.165) is 22.0 Å². The lowest BCUT2D eigenvalue weighted by Gasteiger charge is -2.05. The van der Waals surface area contributed by atoms with E-state index in [1.54, 1.807) is 6.33 Å². The summed E-state index contributed by atoms with van der Waals surface area (Å²) in [6, 6.07) is 16.3. The van der Waals surface area contributed by atoms with E-state index in [0.29, 0.717) is 6.54 Å².